The van der Waals surface area contributed by atoms with Gasteiger partial charge in [0.25, 0.3) is 5.91 Å². The molecule has 8 nitrogen and oxygen atoms in total. The molecular weight excluding hydrogens is 448 g/mol. The van der Waals surface area contributed by atoms with E-state index in [0.717, 1.165) is 12.0 Å². The van der Waals surface area contributed by atoms with Crippen LogP contribution in [0.15, 0.2) is 35.3 Å². The van der Waals surface area contributed by atoms with Crippen LogP contribution in [0.2, 0.25) is 5.02 Å². The van der Waals surface area contributed by atoms with Crippen LogP contribution in [-0.4, -0.2) is 43.4 Å². The molecule has 0 atom stereocenters. The Labute approximate surface area is 198 Å². The molecule has 180 valence electrons. The van der Waals surface area contributed by atoms with Gasteiger partial charge in [-0.25, -0.2) is 0 Å². The maximum atomic E-state index is 13.3. The number of nitrogens with one attached hydrogen (secondary N) is 1. The summed E-state index contributed by atoms with van der Waals surface area (Å²) in [6.45, 7) is 4.15. The van der Waals surface area contributed by atoms with Gasteiger partial charge < -0.3 is 24.1 Å². The number of Topliss-reactive ketones (excluding diaryl/α,β-unsaturated/α-hetero) is 1. The number of aromatic nitrogens is 1. The Balaban J connectivity index is 2.55. The van der Waals surface area contributed by atoms with E-state index < -0.39 is 17.6 Å². The molecule has 9 heteroatoms. The van der Waals surface area contributed by atoms with Crippen molar-refractivity contribution in [2.45, 2.75) is 52.5 Å². The minimum atomic E-state index is -0.708. The second kappa shape index (κ2) is 13.1. The average molecular weight is 479 g/mol. The lowest BCUT2D eigenvalue weighted by molar-refractivity contribution is -0.111. The number of carbonyl (C=O) groups is 2. The normalized spacial score (nSPS) is 11.0. The Kier molecular flexibility index (Phi) is 10.6. The number of halogens is 1. The third kappa shape index (κ3) is 7.15. The number of hydrogen-bond acceptors (Lipinski definition) is 6. The molecule has 1 N–H and O–H groups in total. The van der Waals surface area contributed by atoms with Gasteiger partial charge >= 0.3 is 0 Å². The van der Waals surface area contributed by atoms with E-state index in [2.05, 4.69) is 5.32 Å². The molecule has 0 saturated heterocycles. The molecule has 0 spiro atoms. The number of unbranched alkanes of at least 4 members (excludes halogenated alkanes) is 1. The molecule has 1 aromatic heterocycles. The van der Waals surface area contributed by atoms with Crippen LogP contribution in [0.3, 0.4) is 0 Å². The van der Waals surface area contributed by atoms with Gasteiger partial charge in [0.1, 0.15) is 0 Å². The molecule has 0 fully saturated rings. The number of ether oxygens (including phenoxy) is 3. The van der Waals surface area contributed by atoms with Crippen molar-refractivity contribution >= 4 is 23.3 Å². The van der Waals surface area contributed by atoms with Crippen LogP contribution in [0, 0.1) is 0 Å². The van der Waals surface area contributed by atoms with Crippen LogP contribution in [0.4, 0.5) is 0 Å². The summed E-state index contributed by atoms with van der Waals surface area (Å²) >= 11 is 6.03. The van der Waals surface area contributed by atoms with Crippen molar-refractivity contribution in [1.82, 2.24) is 9.88 Å². The highest BCUT2D eigenvalue weighted by atomic mass is 35.5. The first-order chi connectivity index (χ1) is 15.9. The van der Waals surface area contributed by atoms with Crippen molar-refractivity contribution in [2.24, 2.45) is 0 Å². The number of carbonyl (C=O) groups excluding carboxylic acids is 2. The van der Waals surface area contributed by atoms with E-state index in [1.54, 1.807) is 25.1 Å². The van der Waals surface area contributed by atoms with E-state index >= 15 is 0 Å². The van der Waals surface area contributed by atoms with E-state index in [1.807, 2.05) is 13.0 Å². The third-order valence-corrected chi connectivity index (χ3v) is 5.27. The first kappa shape index (κ1) is 26.6. The van der Waals surface area contributed by atoms with Gasteiger partial charge in [-0.15, -0.1) is 0 Å². The maximum Gasteiger partial charge on any atom is 0.272 e. The Morgan fingerprint density at radius 2 is 1.91 bits per heavy atom. The molecule has 33 heavy (non-hydrogen) atoms. The van der Waals surface area contributed by atoms with Crippen LogP contribution < -0.4 is 15.5 Å². The van der Waals surface area contributed by atoms with Gasteiger partial charge in [-0.1, -0.05) is 44.0 Å². The van der Waals surface area contributed by atoms with Gasteiger partial charge in [0.2, 0.25) is 5.43 Å². The van der Waals surface area contributed by atoms with Crippen molar-refractivity contribution in [2.75, 3.05) is 20.8 Å². The molecule has 0 aliphatic carbocycles. The predicted octanol–water partition coefficient (Wildman–Crippen LogP) is 3.82. The quantitative estimate of drug-likeness (QED) is 0.267. The first-order valence-electron chi connectivity index (χ1n) is 10.9. The molecule has 1 amide bonds. The maximum absolute atomic E-state index is 13.3. The van der Waals surface area contributed by atoms with E-state index in [4.69, 9.17) is 25.8 Å². The van der Waals surface area contributed by atoms with Gasteiger partial charge in [0, 0.05) is 38.4 Å². The summed E-state index contributed by atoms with van der Waals surface area (Å²) in [7, 11) is 2.93. The highest BCUT2D eigenvalue weighted by Crippen LogP contribution is 2.19. The molecule has 0 aliphatic heterocycles. The second-order valence-electron chi connectivity index (χ2n) is 7.39. The SMILES string of the molecule is CCCCOc1c(C(=O)NCc2cccc(Cl)c2)n(CC(OC)OC)cc(C(=O)CC)c1=O. The molecule has 1 heterocycles. The lowest BCUT2D eigenvalue weighted by Gasteiger charge is -2.22. The van der Waals surface area contributed by atoms with Crippen LogP contribution in [0.5, 0.6) is 5.75 Å². The lowest BCUT2D eigenvalue weighted by atomic mass is 10.1. The monoisotopic (exact) mass is 478 g/mol. The van der Waals surface area contributed by atoms with Crippen LogP contribution in [0.1, 0.15) is 59.5 Å². The molecule has 2 rings (SSSR count). The minimum Gasteiger partial charge on any atom is -0.487 e. The summed E-state index contributed by atoms with van der Waals surface area (Å²) in [5, 5.41) is 3.36. The lowest BCUT2D eigenvalue weighted by Crippen LogP contribution is -2.34. The predicted molar refractivity (Wildman–Crippen MR) is 126 cm³/mol. The molecule has 0 bridgehead atoms. The Hall–Kier alpha value is -2.68. The van der Waals surface area contributed by atoms with E-state index in [0.29, 0.717) is 11.4 Å². The zero-order chi connectivity index (χ0) is 24.4. The number of amides is 1. The van der Waals surface area contributed by atoms with E-state index in [-0.39, 0.29) is 48.9 Å². The van der Waals surface area contributed by atoms with Gasteiger partial charge in [-0.3, -0.25) is 14.4 Å². The number of benzene rings is 1. The van der Waals surface area contributed by atoms with E-state index in [1.165, 1.54) is 25.0 Å². The summed E-state index contributed by atoms with van der Waals surface area (Å²) in [5.41, 5.74) is 0.155. The van der Waals surface area contributed by atoms with Crippen LogP contribution in [0.25, 0.3) is 0 Å². The zero-order valence-corrected chi connectivity index (χ0v) is 20.2. The second-order valence-corrected chi connectivity index (χ2v) is 7.83. The Bertz CT molecular complexity index is 1020. The van der Waals surface area contributed by atoms with E-state index in [9.17, 15) is 14.4 Å². The molecular formula is C24H31ClN2O6. The summed E-state index contributed by atoms with van der Waals surface area (Å²) in [5.74, 6) is -1.02. The summed E-state index contributed by atoms with van der Waals surface area (Å²) in [6, 6.07) is 7.09. The molecule has 0 radical (unpaired) electrons. The average Bonchev–Trinajstić information content (AvgIpc) is 2.82. The van der Waals surface area contributed by atoms with Gasteiger partial charge in [-0.2, -0.15) is 0 Å². The van der Waals surface area contributed by atoms with Crippen molar-refractivity contribution in [3.8, 4) is 5.75 Å². The molecule has 2 aromatic rings. The fourth-order valence-corrected chi connectivity index (χ4v) is 3.39. The van der Waals surface area contributed by atoms with Gasteiger partial charge in [0.05, 0.1) is 18.7 Å². The number of pyridine rings is 1. The number of methoxy groups -OCH3 is 2. The molecule has 0 unspecified atom stereocenters. The Morgan fingerprint density at radius 3 is 2.52 bits per heavy atom. The fourth-order valence-electron chi connectivity index (χ4n) is 3.18. The minimum absolute atomic E-state index is 0.00452. The van der Waals surface area contributed by atoms with Crippen LogP contribution >= 0.6 is 11.6 Å². The number of rotatable bonds is 13. The van der Waals surface area contributed by atoms with Crippen molar-refractivity contribution in [3.05, 3.63) is 62.5 Å². The topological polar surface area (TPSA) is 95.9 Å². The van der Waals surface area contributed by atoms with Crippen molar-refractivity contribution in [3.63, 3.8) is 0 Å². The highest BCUT2D eigenvalue weighted by Gasteiger charge is 2.26. The highest BCUT2D eigenvalue weighted by molar-refractivity contribution is 6.30. The first-order valence-corrected chi connectivity index (χ1v) is 11.3. The van der Waals surface area contributed by atoms with Gasteiger partial charge in [0.15, 0.2) is 23.5 Å². The third-order valence-electron chi connectivity index (χ3n) is 5.03. The number of nitrogens with zero attached hydrogens (tertiary/aromatic N) is 1. The number of hydrogen-bond donors (Lipinski definition) is 1. The smallest absolute Gasteiger partial charge is 0.272 e. The molecule has 1 aromatic carbocycles. The fraction of sp³-hybridized carbons (Fsp3) is 0.458. The zero-order valence-electron chi connectivity index (χ0n) is 19.5. The summed E-state index contributed by atoms with van der Waals surface area (Å²) in [4.78, 5) is 38.9. The molecule has 0 aliphatic rings. The standard InChI is InChI=1S/C24H31ClN2O6/c1-5-7-11-33-23-21(24(30)26-13-16-9-8-10-17(25)12-16)27(15-20(31-3)32-4)14-18(22(23)29)19(28)6-2/h8-10,12,14,20H,5-7,11,13,15H2,1-4H3,(H,26,30). The van der Waals surface area contributed by atoms with Crippen molar-refractivity contribution in [1.29, 1.82) is 0 Å². The number of ketones is 1. The largest absolute Gasteiger partial charge is 0.487 e. The Morgan fingerprint density at radius 1 is 1.18 bits per heavy atom. The van der Waals surface area contributed by atoms with Crippen molar-refractivity contribution < 1.29 is 23.8 Å². The van der Waals surface area contributed by atoms with Crippen LogP contribution in [-0.2, 0) is 22.6 Å². The summed E-state index contributed by atoms with van der Waals surface area (Å²) < 4.78 is 17.8. The molecule has 0 saturated carbocycles. The van der Waals surface area contributed by atoms with Gasteiger partial charge in [-0.05, 0) is 24.1 Å². The summed E-state index contributed by atoms with van der Waals surface area (Å²) in [6.07, 6.45) is 2.34.